The SMILES string of the molecule is CCCN1C(=S)N[C@H](c2ccccn2)[C@H]1c1cccn1-c1cccc(C)c1. The predicted molar refractivity (Wildman–Crippen MR) is 113 cm³/mol. The average molecular weight is 377 g/mol. The number of aromatic nitrogens is 2. The van der Waals surface area contributed by atoms with Gasteiger partial charge < -0.3 is 14.8 Å². The molecule has 4 rings (SSSR count). The minimum Gasteiger partial charge on any atom is -0.352 e. The number of nitrogens with one attached hydrogen (secondary N) is 1. The summed E-state index contributed by atoms with van der Waals surface area (Å²) >= 11 is 5.69. The van der Waals surface area contributed by atoms with Crippen LogP contribution in [0.4, 0.5) is 0 Å². The molecule has 0 saturated carbocycles. The number of aryl methyl sites for hydroxylation is 1. The Labute approximate surface area is 165 Å². The fourth-order valence-corrected chi connectivity index (χ4v) is 4.19. The van der Waals surface area contributed by atoms with Crippen LogP contribution < -0.4 is 5.32 Å². The van der Waals surface area contributed by atoms with E-state index in [0.29, 0.717) is 0 Å². The topological polar surface area (TPSA) is 33.1 Å². The summed E-state index contributed by atoms with van der Waals surface area (Å²) in [4.78, 5) is 6.91. The molecule has 0 spiro atoms. The number of hydrogen-bond acceptors (Lipinski definition) is 2. The van der Waals surface area contributed by atoms with Gasteiger partial charge in [0, 0.05) is 30.3 Å². The molecule has 3 aromatic rings. The molecule has 138 valence electrons. The molecule has 0 unspecified atom stereocenters. The summed E-state index contributed by atoms with van der Waals surface area (Å²) in [6.07, 6.45) is 5.02. The van der Waals surface area contributed by atoms with Crippen molar-refractivity contribution >= 4 is 17.3 Å². The fourth-order valence-electron chi connectivity index (χ4n) is 3.86. The zero-order valence-electron chi connectivity index (χ0n) is 15.7. The summed E-state index contributed by atoms with van der Waals surface area (Å²) in [6, 6.07) is 19.1. The average Bonchev–Trinajstić information content (AvgIpc) is 3.28. The van der Waals surface area contributed by atoms with Gasteiger partial charge >= 0.3 is 0 Å². The van der Waals surface area contributed by atoms with E-state index in [1.807, 2.05) is 18.3 Å². The summed E-state index contributed by atoms with van der Waals surface area (Å²) in [7, 11) is 0. The quantitative estimate of drug-likeness (QED) is 0.662. The smallest absolute Gasteiger partial charge is 0.170 e. The van der Waals surface area contributed by atoms with E-state index in [9.17, 15) is 0 Å². The Morgan fingerprint density at radius 3 is 2.74 bits per heavy atom. The third-order valence-corrected chi connectivity index (χ3v) is 5.38. The highest BCUT2D eigenvalue weighted by Gasteiger charge is 2.40. The first-order valence-corrected chi connectivity index (χ1v) is 9.82. The van der Waals surface area contributed by atoms with Crippen LogP contribution in [0.3, 0.4) is 0 Å². The van der Waals surface area contributed by atoms with Crippen LogP contribution in [-0.2, 0) is 0 Å². The minimum atomic E-state index is 0.0312. The second-order valence-corrected chi connectivity index (χ2v) is 7.35. The van der Waals surface area contributed by atoms with Gasteiger partial charge in [0.05, 0.1) is 17.8 Å². The van der Waals surface area contributed by atoms with E-state index in [0.717, 1.165) is 23.8 Å². The van der Waals surface area contributed by atoms with Gasteiger partial charge in [0.15, 0.2) is 5.11 Å². The van der Waals surface area contributed by atoms with Gasteiger partial charge in [-0.2, -0.15) is 0 Å². The maximum absolute atomic E-state index is 5.69. The van der Waals surface area contributed by atoms with E-state index in [4.69, 9.17) is 12.2 Å². The molecule has 1 aliphatic heterocycles. The third-order valence-electron chi connectivity index (χ3n) is 5.03. The van der Waals surface area contributed by atoms with Crippen molar-refractivity contribution in [3.63, 3.8) is 0 Å². The number of benzene rings is 1. The summed E-state index contributed by atoms with van der Waals surface area (Å²) in [5.41, 5.74) is 4.65. The number of hydrogen-bond donors (Lipinski definition) is 1. The van der Waals surface area contributed by atoms with Gasteiger partial charge in [0.1, 0.15) is 0 Å². The van der Waals surface area contributed by atoms with Crippen molar-refractivity contribution in [2.24, 2.45) is 0 Å². The lowest BCUT2D eigenvalue weighted by Crippen LogP contribution is -2.31. The summed E-state index contributed by atoms with van der Waals surface area (Å²) in [5, 5.41) is 4.32. The van der Waals surface area contributed by atoms with Gasteiger partial charge in [-0.3, -0.25) is 4.98 Å². The summed E-state index contributed by atoms with van der Waals surface area (Å²) < 4.78 is 2.27. The molecule has 1 N–H and O–H groups in total. The third kappa shape index (κ3) is 3.35. The van der Waals surface area contributed by atoms with E-state index in [-0.39, 0.29) is 12.1 Å². The number of nitrogens with zero attached hydrogens (tertiary/aromatic N) is 3. The van der Waals surface area contributed by atoms with Gasteiger partial charge in [0.2, 0.25) is 0 Å². The van der Waals surface area contributed by atoms with Gasteiger partial charge in [-0.05, 0) is 67.5 Å². The summed E-state index contributed by atoms with van der Waals surface area (Å²) in [6.45, 7) is 5.23. The lowest BCUT2D eigenvalue weighted by atomic mass is 10.0. The van der Waals surface area contributed by atoms with E-state index in [1.165, 1.54) is 16.9 Å². The molecule has 0 amide bonds. The molecule has 5 heteroatoms. The van der Waals surface area contributed by atoms with Crippen molar-refractivity contribution < 1.29 is 0 Å². The van der Waals surface area contributed by atoms with Gasteiger partial charge in [-0.25, -0.2) is 0 Å². The Morgan fingerprint density at radius 1 is 1.11 bits per heavy atom. The van der Waals surface area contributed by atoms with Crippen LogP contribution in [0.1, 0.15) is 42.4 Å². The van der Waals surface area contributed by atoms with Crippen molar-refractivity contribution in [1.82, 2.24) is 19.8 Å². The highest BCUT2D eigenvalue weighted by molar-refractivity contribution is 7.80. The van der Waals surface area contributed by atoms with Crippen LogP contribution in [0.2, 0.25) is 0 Å². The van der Waals surface area contributed by atoms with E-state index in [1.54, 1.807) is 0 Å². The Kier molecular flexibility index (Phi) is 4.94. The van der Waals surface area contributed by atoms with Gasteiger partial charge in [0.25, 0.3) is 0 Å². The zero-order chi connectivity index (χ0) is 18.8. The maximum Gasteiger partial charge on any atom is 0.170 e. The number of pyridine rings is 1. The van der Waals surface area contributed by atoms with Gasteiger partial charge in [-0.15, -0.1) is 0 Å². The van der Waals surface area contributed by atoms with Crippen molar-refractivity contribution in [3.05, 3.63) is 83.9 Å². The van der Waals surface area contributed by atoms with Crippen molar-refractivity contribution in [3.8, 4) is 5.69 Å². The molecule has 3 heterocycles. The number of thiocarbonyl (C=S) groups is 1. The number of rotatable bonds is 5. The molecule has 4 nitrogen and oxygen atoms in total. The van der Waals surface area contributed by atoms with Gasteiger partial charge in [-0.1, -0.05) is 25.1 Å². The van der Waals surface area contributed by atoms with Crippen molar-refractivity contribution in [2.75, 3.05) is 6.54 Å². The molecule has 1 aliphatic rings. The normalized spacial score (nSPS) is 19.3. The molecule has 2 aromatic heterocycles. The van der Waals surface area contributed by atoms with Crippen LogP contribution in [0.5, 0.6) is 0 Å². The maximum atomic E-state index is 5.69. The van der Waals surface area contributed by atoms with Crippen LogP contribution in [-0.4, -0.2) is 26.1 Å². The second-order valence-electron chi connectivity index (χ2n) is 6.96. The molecule has 2 atom stereocenters. The molecule has 27 heavy (non-hydrogen) atoms. The Hall–Kier alpha value is -2.66. The molecule has 0 bridgehead atoms. The lowest BCUT2D eigenvalue weighted by molar-refractivity contribution is 0.309. The van der Waals surface area contributed by atoms with E-state index < -0.39 is 0 Å². The Bertz CT molecular complexity index is 934. The van der Waals surface area contributed by atoms with Crippen molar-refractivity contribution in [1.29, 1.82) is 0 Å². The Balaban J connectivity index is 1.81. The molecule has 1 saturated heterocycles. The minimum absolute atomic E-state index is 0.0312. The zero-order valence-corrected chi connectivity index (χ0v) is 16.5. The molecule has 0 aliphatic carbocycles. The Morgan fingerprint density at radius 2 is 2.00 bits per heavy atom. The molecule has 0 radical (unpaired) electrons. The molecular weight excluding hydrogens is 352 g/mol. The molecule has 1 aromatic carbocycles. The van der Waals surface area contributed by atoms with E-state index >= 15 is 0 Å². The standard InChI is InChI=1S/C22H24N4S/c1-3-13-26-21(20(24-22(26)27)18-10-4-5-12-23-18)19-11-7-14-25(19)17-9-6-8-16(2)15-17/h4-12,14-15,20-21H,3,13H2,1-2H3,(H,24,27)/t20-,21-/m1/s1. The fraction of sp³-hybridized carbons (Fsp3) is 0.273. The van der Waals surface area contributed by atoms with Crippen LogP contribution >= 0.6 is 12.2 Å². The predicted octanol–water partition coefficient (Wildman–Crippen LogP) is 4.56. The summed E-state index contributed by atoms with van der Waals surface area (Å²) in [5.74, 6) is 0. The highest BCUT2D eigenvalue weighted by Crippen LogP contribution is 2.39. The first-order valence-electron chi connectivity index (χ1n) is 9.41. The second kappa shape index (κ2) is 7.53. The largest absolute Gasteiger partial charge is 0.352 e. The van der Waals surface area contributed by atoms with Crippen LogP contribution in [0.25, 0.3) is 5.69 Å². The van der Waals surface area contributed by atoms with Crippen LogP contribution in [0.15, 0.2) is 67.0 Å². The molecule has 1 fully saturated rings. The monoisotopic (exact) mass is 376 g/mol. The first kappa shape index (κ1) is 17.7. The van der Waals surface area contributed by atoms with Crippen molar-refractivity contribution in [2.45, 2.75) is 32.4 Å². The first-order chi connectivity index (χ1) is 13.2. The lowest BCUT2D eigenvalue weighted by Gasteiger charge is -2.28. The van der Waals surface area contributed by atoms with E-state index in [2.05, 4.69) is 82.3 Å². The van der Waals surface area contributed by atoms with Crippen LogP contribution in [0, 0.1) is 6.92 Å². The highest BCUT2D eigenvalue weighted by atomic mass is 32.1. The molecular formula is C22H24N4S.